The molecule has 1 unspecified atom stereocenters. The van der Waals surface area contributed by atoms with Gasteiger partial charge < -0.3 is 14.8 Å². The van der Waals surface area contributed by atoms with Gasteiger partial charge in [-0.1, -0.05) is 18.2 Å². The average Bonchev–Trinajstić information content (AvgIpc) is 3.24. The molecule has 2 heterocycles. The fraction of sp³-hybridized carbons (Fsp3) is 0.200. The SMILES string of the molecule is CC(c1ccccn1)N(C)C(=O)c1cc(F)cc(NC(=O)CCn2cnc3ccccc32)c1. The highest BCUT2D eigenvalue weighted by atomic mass is 19.1. The van der Waals surface area contributed by atoms with Crippen molar-refractivity contribution in [2.75, 3.05) is 12.4 Å². The van der Waals surface area contributed by atoms with Gasteiger partial charge in [0.1, 0.15) is 5.82 Å². The quantitative estimate of drug-likeness (QED) is 0.456. The first kappa shape index (κ1) is 22.1. The van der Waals surface area contributed by atoms with E-state index in [1.165, 1.54) is 17.0 Å². The normalized spacial score (nSPS) is 11.8. The molecule has 0 aliphatic heterocycles. The lowest BCUT2D eigenvalue weighted by molar-refractivity contribution is -0.116. The smallest absolute Gasteiger partial charge is 0.254 e. The van der Waals surface area contributed by atoms with Gasteiger partial charge in [0, 0.05) is 37.5 Å². The molecule has 168 valence electrons. The first-order chi connectivity index (χ1) is 15.9. The number of benzene rings is 2. The van der Waals surface area contributed by atoms with Crippen LogP contribution in [0.1, 0.15) is 35.4 Å². The van der Waals surface area contributed by atoms with Gasteiger partial charge >= 0.3 is 0 Å². The number of nitrogens with zero attached hydrogens (tertiary/aromatic N) is 4. The number of nitrogens with one attached hydrogen (secondary N) is 1. The van der Waals surface area contributed by atoms with E-state index in [0.717, 1.165) is 22.8 Å². The summed E-state index contributed by atoms with van der Waals surface area (Å²) in [5.74, 6) is -1.25. The Morgan fingerprint density at radius 1 is 1.09 bits per heavy atom. The van der Waals surface area contributed by atoms with Crippen LogP contribution in [0.2, 0.25) is 0 Å². The van der Waals surface area contributed by atoms with Gasteiger partial charge in [0.25, 0.3) is 5.91 Å². The van der Waals surface area contributed by atoms with Crippen LogP contribution in [0.15, 0.2) is 73.2 Å². The van der Waals surface area contributed by atoms with E-state index in [1.54, 1.807) is 25.6 Å². The Morgan fingerprint density at radius 3 is 2.67 bits per heavy atom. The number of rotatable bonds is 7. The van der Waals surface area contributed by atoms with Crippen molar-refractivity contribution in [1.82, 2.24) is 19.4 Å². The predicted octanol–water partition coefficient (Wildman–Crippen LogP) is 4.43. The molecule has 0 radical (unpaired) electrons. The van der Waals surface area contributed by atoms with E-state index in [2.05, 4.69) is 15.3 Å². The van der Waals surface area contributed by atoms with E-state index in [1.807, 2.05) is 47.9 Å². The Morgan fingerprint density at radius 2 is 1.88 bits per heavy atom. The van der Waals surface area contributed by atoms with E-state index in [9.17, 15) is 14.0 Å². The van der Waals surface area contributed by atoms with Gasteiger partial charge in [-0.05, 0) is 49.4 Å². The molecule has 1 atom stereocenters. The van der Waals surface area contributed by atoms with Crippen LogP contribution in [0, 0.1) is 5.82 Å². The number of carbonyl (C=O) groups is 2. The number of anilines is 1. The van der Waals surface area contributed by atoms with Gasteiger partial charge in [-0.3, -0.25) is 14.6 Å². The fourth-order valence-corrected chi connectivity index (χ4v) is 3.62. The average molecular weight is 445 g/mol. The fourth-order valence-electron chi connectivity index (χ4n) is 3.62. The molecule has 2 aromatic carbocycles. The molecular weight excluding hydrogens is 421 g/mol. The highest BCUT2D eigenvalue weighted by Gasteiger charge is 2.21. The number of pyridine rings is 1. The van der Waals surface area contributed by atoms with Crippen LogP contribution in [0.5, 0.6) is 0 Å². The van der Waals surface area contributed by atoms with E-state index in [-0.39, 0.29) is 35.5 Å². The highest BCUT2D eigenvalue weighted by molar-refractivity contribution is 5.97. The van der Waals surface area contributed by atoms with Gasteiger partial charge in [-0.15, -0.1) is 0 Å². The topological polar surface area (TPSA) is 80.1 Å². The summed E-state index contributed by atoms with van der Waals surface area (Å²) in [6.45, 7) is 2.28. The summed E-state index contributed by atoms with van der Waals surface area (Å²) >= 11 is 0. The molecule has 2 aromatic heterocycles. The standard InChI is InChI=1S/C25H24FN5O2/c1-17(21-7-5-6-11-27-21)30(2)25(33)18-13-19(26)15-20(14-18)29-24(32)10-12-31-16-28-22-8-3-4-9-23(22)31/h3-9,11,13-17H,10,12H2,1-2H3,(H,29,32). The van der Waals surface area contributed by atoms with Gasteiger partial charge in [0.15, 0.2) is 0 Å². The minimum Gasteiger partial charge on any atom is -0.333 e. The molecule has 0 fully saturated rings. The second kappa shape index (κ2) is 9.60. The molecule has 4 aromatic rings. The summed E-state index contributed by atoms with van der Waals surface area (Å²) < 4.78 is 16.2. The number of amides is 2. The highest BCUT2D eigenvalue weighted by Crippen LogP contribution is 2.21. The van der Waals surface area contributed by atoms with Crippen molar-refractivity contribution in [3.8, 4) is 0 Å². The molecule has 0 saturated heterocycles. The molecular formula is C25H24FN5O2. The third-order valence-electron chi connectivity index (χ3n) is 5.55. The molecule has 2 amide bonds. The summed E-state index contributed by atoms with van der Waals surface area (Å²) in [6, 6.07) is 16.7. The van der Waals surface area contributed by atoms with Gasteiger partial charge in [-0.25, -0.2) is 9.37 Å². The molecule has 1 N–H and O–H groups in total. The van der Waals surface area contributed by atoms with Crippen molar-refractivity contribution in [1.29, 1.82) is 0 Å². The Hall–Kier alpha value is -4.07. The number of hydrogen-bond donors (Lipinski definition) is 1. The lowest BCUT2D eigenvalue weighted by atomic mass is 10.1. The Labute approximate surface area is 190 Å². The second-order valence-electron chi connectivity index (χ2n) is 7.80. The first-order valence-corrected chi connectivity index (χ1v) is 10.6. The number of carbonyl (C=O) groups excluding carboxylic acids is 2. The molecule has 33 heavy (non-hydrogen) atoms. The maximum Gasteiger partial charge on any atom is 0.254 e. The molecule has 0 aliphatic carbocycles. The van der Waals surface area contributed by atoms with Crippen LogP contribution in [-0.4, -0.2) is 38.3 Å². The molecule has 4 rings (SSSR count). The zero-order chi connectivity index (χ0) is 23.4. The van der Waals surface area contributed by atoms with Gasteiger partial charge in [-0.2, -0.15) is 0 Å². The number of para-hydroxylation sites is 2. The third kappa shape index (κ3) is 5.06. The summed E-state index contributed by atoms with van der Waals surface area (Å²) in [4.78, 5) is 35.5. The summed E-state index contributed by atoms with van der Waals surface area (Å²) in [6.07, 6.45) is 3.53. The zero-order valence-electron chi connectivity index (χ0n) is 18.4. The number of fused-ring (bicyclic) bond motifs is 1. The van der Waals surface area contributed by atoms with Crippen LogP contribution < -0.4 is 5.32 Å². The lowest BCUT2D eigenvalue weighted by Gasteiger charge is -2.24. The summed E-state index contributed by atoms with van der Waals surface area (Å²) in [5, 5.41) is 2.69. The number of imidazole rings is 1. The lowest BCUT2D eigenvalue weighted by Crippen LogP contribution is -2.30. The van der Waals surface area contributed by atoms with Crippen molar-refractivity contribution in [3.05, 3.63) is 90.3 Å². The Balaban J connectivity index is 1.43. The second-order valence-corrected chi connectivity index (χ2v) is 7.80. The number of aromatic nitrogens is 3. The molecule has 0 aliphatic rings. The van der Waals surface area contributed by atoms with E-state index in [4.69, 9.17) is 0 Å². The van der Waals surface area contributed by atoms with Crippen LogP contribution in [0.25, 0.3) is 11.0 Å². The van der Waals surface area contributed by atoms with Crippen LogP contribution in [-0.2, 0) is 11.3 Å². The third-order valence-corrected chi connectivity index (χ3v) is 5.55. The number of hydrogen-bond acceptors (Lipinski definition) is 4. The van der Waals surface area contributed by atoms with Crippen LogP contribution in [0.4, 0.5) is 10.1 Å². The summed E-state index contributed by atoms with van der Waals surface area (Å²) in [5.41, 5.74) is 2.91. The van der Waals surface area contributed by atoms with Gasteiger partial charge in [0.05, 0.1) is 29.1 Å². The zero-order valence-corrected chi connectivity index (χ0v) is 18.4. The maximum atomic E-state index is 14.3. The molecule has 7 nitrogen and oxygen atoms in total. The van der Waals surface area contributed by atoms with Crippen molar-refractivity contribution in [2.24, 2.45) is 0 Å². The Kier molecular flexibility index (Phi) is 6.44. The minimum absolute atomic E-state index is 0.149. The molecule has 0 saturated carbocycles. The van der Waals surface area contributed by atoms with Crippen molar-refractivity contribution in [2.45, 2.75) is 25.9 Å². The van der Waals surface area contributed by atoms with Crippen molar-refractivity contribution < 1.29 is 14.0 Å². The monoisotopic (exact) mass is 445 g/mol. The van der Waals surface area contributed by atoms with E-state index >= 15 is 0 Å². The Bertz CT molecular complexity index is 1290. The molecule has 0 bridgehead atoms. The van der Waals surface area contributed by atoms with Gasteiger partial charge in [0.2, 0.25) is 5.91 Å². The minimum atomic E-state index is -0.601. The first-order valence-electron chi connectivity index (χ1n) is 10.6. The van der Waals surface area contributed by atoms with E-state index in [0.29, 0.717) is 6.54 Å². The molecule has 0 spiro atoms. The maximum absolute atomic E-state index is 14.3. The predicted molar refractivity (Wildman–Crippen MR) is 124 cm³/mol. The largest absolute Gasteiger partial charge is 0.333 e. The van der Waals surface area contributed by atoms with Crippen molar-refractivity contribution >= 4 is 28.5 Å². The number of aryl methyl sites for hydroxylation is 1. The van der Waals surface area contributed by atoms with Crippen LogP contribution >= 0.6 is 0 Å². The number of halogens is 1. The van der Waals surface area contributed by atoms with E-state index < -0.39 is 5.82 Å². The summed E-state index contributed by atoms with van der Waals surface area (Å²) in [7, 11) is 1.64. The van der Waals surface area contributed by atoms with Crippen molar-refractivity contribution in [3.63, 3.8) is 0 Å². The van der Waals surface area contributed by atoms with Crippen LogP contribution in [0.3, 0.4) is 0 Å². The molecule has 8 heteroatoms.